The van der Waals surface area contributed by atoms with Gasteiger partial charge >= 0.3 is 0 Å². The smallest absolute Gasteiger partial charge is 0.225 e. The van der Waals surface area contributed by atoms with Crippen LogP contribution in [0.15, 0.2) is 15.2 Å². The molecule has 1 heterocycles. The van der Waals surface area contributed by atoms with Crippen LogP contribution in [0.3, 0.4) is 0 Å². The van der Waals surface area contributed by atoms with E-state index in [0.29, 0.717) is 6.54 Å². The monoisotopic (exact) mass is 366 g/mol. The number of carbonyl (C=O) groups is 1. The molecule has 2 atom stereocenters. The molecule has 1 aromatic rings. The lowest BCUT2D eigenvalue weighted by Gasteiger charge is -2.29. The van der Waals surface area contributed by atoms with Crippen LogP contribution in [0.5, 0.6) is 0 Å². The van der Waals surface area contributed by atoms with Crippen LogP contribution in [0.1, 0.15) is 31.2 Å². The highest BCUT2D eigenvalue weighted by molar-refractivity contribution is 9.11. The second-order valence-corrected chi connectivity index (χ2v) is 7.37. The molecule has 1 aliphatic carbocycles. The Morgan fingerprint density at radius 1 is 1.58 bits per heavy atom. The summed E-state index contributed by atoms with van der Waals surface area (Å²) in [6.07, 6.45) is 3.97. The van der Waals surface area contributed by atoms with Crippen molar-refractivity contribution in [2.45, 2.75) is 38.3 Å². The van der Waals surface area contributed by atoms with Crippen LogP contribution >= 0.6 is 39.7 Å². The third-order valence-electron chi connectivity index (χ3n) is 3.48. The largest absolute Gasteiger partial charge is 0.341 e. The Balaban J connectivity index is 0.00000180. The van der Waals surface area contributed by atoms with Gasteiger partial charge in [0.15, 0.2) is 0 Å². The van der Waals surface area contributed by atoms with Gasteiger partial charge in [-0.2, -0.15) is 0 Å². The summed E-state index contributed by atoms with van der Waals surface area (Å²) in [5.74, 6) is 0.369. The molecule has 1 fully saturated rings. The van der Waals surface area contributed by atoms with E-state index in [2.05, 4.69) is 27.4 Å². The van der Waals surface area contributed by atoms with Gasteiger partial charge in [0.2, 0.25) is 5.91 Å². The van der Waals surface area contributed by atoms with Crippen LogP contribution in [-0.4, -0.2) is 23.9 Å². The number of rotatable bonds is 3. The first-order valence-electron chi connectivity index (χ1n) is 6.29. The molecule has 1 aliphatic rings. The fourth-order valence-corrected chi connectivity index (χ4v) is 3.74. The molecule has 0 aliphatic heterocycles. The summed E-state index contributed by atoms with van der Waals surface area (Å²) in [6, 6.07) is 2.28. The second-order valence-electron chi connectivity index (χ2n) is 5.08. The van der Waals surface area contributed by atoms with Crippen molar-refractivity contribution in [2.75, 3.05) is 7.05 Å². The maximum absolute atomic E-state index is 12.3. The lowest BCUT2D eigenvalue weighted by molar-refractivity contribution is -0.135. The van der Waals surface area contributed by atoms with Gasteiger partial charge in [-0.05, 0) is 52.2 Å². The first-order chi connectivity index (χ1) is 8.56. The molecule has 0 aromatic carbocycles. The van der Waals surface area contributed by atoms with Gasteiger partial charge in [-0.25, -0.2) is 0 Å². The SMILES string of the molecule is CN(Cc1csc(Br)c1)C(=O)C1CCCC(N)C1.Cl. The number of hydrogen-bond acceptors (Lipinski definition) is 3. The predicted octanol–water partition coefficient (Wildman–Crippen LogP) is 3.41. The zero-order chi connectivity index (χ0) is 13.1. The quantitative estimate of drug-likeness (QED) is 0.890. The van der Waals surface area contributed by atoms with Gasteiger partial charge in [0.25, 0.3) is 0 Å². The lowest BCUT2D eigenvalue weighted by atomic mass is 9.85. The number of amides is 1. The summed E-state index contributed by atoms with van der Waals surface area (Å²) in [4.78, 5) is 14.1. The Morgan fingerprint density at radius 2 is 2.32 bits per heavy atom. The summed E-state index contributed by atoms with van der Waals surface area (Å²) < 4.78 is 1.11. The van der Waals surface area contributed by atoms with Crippen LogP contribution in [0.25, 0.3) is 0 Å². The fraction of sp³-hybridized carbons (Fsp3) is 0.615. The van der Waals surface area contributed by atoms with Gasteiger partial charge in [-0.15, -0.1) is 23.7 Å². The molecule has 1 saturated carbocycles. The van der Waals surface area contributed by atoms with Crippen LogP contribution in [-0.2, 0) is 11.3 Å². The summed E-state index contributed by atoms with van der Waals surface area (Å²) in [5, 5.41) is 2.08. The van der Waals surface area contributed by atoms with E-state index in [4.69, 9.17) is 5.73 Å². The Hall–Kier alpha value is -0.100. The van der Waals surface area contributed by atoms with Gasteiger partial charge in [-0.1, -0.05) is 6.42 Å². The van der Waals surface area contributed by atoms with Crippen molar-refractivity contribution in [2.24, 2.45) is 11.7 Å². The van der Waals surface area contributed by atoms with Crippen LogP contribution < -0.4 is 5.73 Å². The molecule has 2 N–H and O–H groups in total. The van der Waals surface area contributed by atoms with Gasteiger partial charge in [-0.3, -0.25) is 4.79 Å². The third kappa shape index (κ3) is 4.74. The van der Waals surface area contributed by atoms with E-state index in [9.17, 15) is 4.79 Å². The normalized spacial score (nSPS) is 22.7. The molecule has 0 radical (unpaired) electrons. The highest BCUT2D eigenvalue weighted by atomic mass is 79.9. The molecule has 1 aromatic heterocycles. The zero-order valence-corrected chi connectivity index (χ0v) is 14.2. The topological polar surface area (TPSA) is 46.3 Å². The molecule has 6 heteroatoms. The minimum atomic E-state index is 0. The Kier molecular flexibility index (Phi) is 6.80. The average molecular weight is 368 g/mol. The maximum Gasteiger partial charge on any atom is 0.225 e. The van der Waals surface area contributed by atoms with Crippen LogP contribution in [0, 0.1) is 5.92 Å². The molecular weight excluding hydrogens is 348 g/mol. The fourth-order valence-electron chi connectivity index (χ4n) is 2.54. The zero-order valence-electron chi connectivity index (χ0n) is 11.0. The molecule has 0 spiro atoms. The van der Waals surface area contributed by atoms with E-state index in [1.165, 1.54) is 5.56 Å². The molecule has 2 unspecified atom stereocenters. The average Bonchev–Trinajstić information content (AvgIpc) is 2.73. The molecule has 2 rings (SSSR count). The molecular formula is C13H20BrClN2OS. The van der Waals surface area contributed by atoms with Gasteiger partial charge in [0, 0.05) is 25.6 Å². The lowest BCUT2D eigenvalue weighted by Crippen LogP contribution is -2.38. The van der Waals surface area contributed by atoms with Crippen molar-refractivity contribution >= 4 is 45.6 Å². The van der Waals surface area contributed by atoms with Gasteiger partial charge in [0.1, 0.15) is 0 Å². The van der Waals surface area contributed by atoms with E-state index < -0.39 is 0 Å². The van der Waals surface area contributed by atoms with Crippen molar-refractivity contribution < 1.29 is 4.79 Å². The third-order valence-corrected chi connectivity index (χ3v) is 5.04. The van der Waals surface area contributed by atoms with Crippen LogP contribution in [0.4, 0.5) is 0 Å². The van der Waals surface area contributed by atoms with Crippen molar-refractivity contribution in [3.05, 3.63) is 20.8 Å². The predicted molar refractivity (Wildman–Crippen MR) is 85.7 cm³/mol. The van der Waals surface area contributed by atoms with Gasteiger partial charge in [0.05, 0.1) is 3.79 Å². The summed E-state index contributed by atoms with van der Waals surface area (Å²) in [7, 11) is 1.88. The highest BCUT2D eigenvalue weighted by Crippen LogP contribution is 2.26. The molecule has 108 valence electrons. The van der Waals surface area contributed by atoms with Gasteiger partial charge < -0.3 is 10.6 Å². The standard InChI is InChI=1S/C13H19BrN2OS.ClH/c1-16(7-9-5-12(14)18-8-9)13(17)10-3-2-4-11(15)6-10;/h5,8,10-11H,2-4,6-7,15H2,1H3;1H. The number of hydrogen-bond donors (Lipinski definition) is 1. The Bertz CT molecular complexity index is 427. The van der Waals surface area contributed by atoms with Crippen molar-refractivity contribution in [1.29, 1.82) is 0 Å². The first kappa shape index (κ1) is 17.0. The Labute approximate surface area is 133 Å². The van der Waals surface area contributed by atoms with Crippen LogP contribution in [0.2, 0.25) is 0 Å². The number of nitrogens with zero attached hydrogens (tertiary/aromatic N) is 1. The maximum atomic E-state index is 12.3. The minimum Gasteiger partial charge on any atom is -0.341 e. The molecule has 3 nitrogen and oxygen atoms in total. The number of carbonyl (C=O) groups excluding carboxylic acids is 1. The molecule has 0 saturated heterocycles. The van der Waals surface area contributed by atoms with E-state index in [-0.39, 0.29) is 30.3 Å². The van der Waals surface area contributed by atoms with Crippen molar-refractivity contribution in [1.82, 2.24) is 4.90 Å². The van der Waals surface area contributed by atoms with E-state index in [0.717, 1.165) is 29.5 Å². The van der Waals surface area contributed by atoms with E-state index >= 15 is 0 Å². The Morgan fingerprint density at radius 3 is 2.89 bits per heavy atom. The minimum absolute atomic E-state index is 0. The number of thiophene rings is 1. The number of halogens is 2. The molecule has 0 bridgehead atoms. The summed E-state index contributed by atoms with van der Waals surface area (Å²) >= 11 is 5.09. The van der Waals surface area contributed by atoms with E-state index in [1.807, 2.05) is 11.9 Å². The van der Waals surface area contributed by atoms with Crippen molar-refractivity contribution in [3.63, 3.8) is 0 Å². The molecule has 1 amide bonds. The molecule has 19 heavy (non-hydrogen) atoms. The highest BCUT2D eigenvalue weighted by Gasteiger charge is 2.27. The summed E-state index contributed by atoms with van der Waals surface area (Å²) in [6.45, 7) is 0.687. The summed E-state index contributed by atoms with van der Waals surface area (Å²) in [5.41, 5.74) is 7.13. The first-order valence-corrected chi connectivity index (χ1v) is 7.97. The second kappa shape index (κ2) is 7.62. The van der Waals surface area contributed by atoms with Crippen molar-refractivity contribution in [3.8, 4) is 0 Å². The van der Waals surface area contributed by atoms with E-state index in [1.54, 1.807) is 11.3 Å². The number of nitrogens with two attached hydrogens (primary N) is 1.